The molecule has 0 heterocycles. The van der Waals surface area contributed by atoms with Crippen molar-refractivity contribution in [1.29, 1.82) is 0 Å². The molecule has 1 fully saturated rings. The third-order valence-corrected chi connectivity index (χ3v) is 4.86. The molecular formula is C16H30N2O3. The fraction of sp³-hybridized carbons (Fsp3) is 0.875. The van der Waals surface area contributed by atoms with Gasteiger partial charge in [0.25, 0.3) is 0 Å². The van der Waals surface area contributed by atoms with Crippen molar-refractivity contribution >= 4 is 11.9 Å². The summed E-state index contributed by atoms with van der Waals surface area (Å²) in [5.41, 5.74) is 4.87. The van der Waals surface area contributed by atoms with Crippen LogP contribution in [-0.2, 0) is 9.59 Å². The van der Waals surface area contributed by atoms with E-state index >= 15 is 0 Å². The van der Waals surface area contributed by atoms with Crippen molar-refractivity contribution in [3.63, 3.8) is 0 Å². The Hall–Kier alpha value is -1.10. The molecule has 0 radical (unpaired) electrons. The molecule has 1 rings (SSSR count). The average molecular weight is 298 g/mol. The first kappa shape index (κ1) is 18.0. The van der Waals surface area contributed by atoms with Crippen LogP contribution in [0.4, 0.5) is 0 Å². The number of nitrogens with two attached hydrogens (primary N) is 1. The molecule has 0 bridgehead atoms. The van der Waals surface area contributed by atoms with Gasteiger partial charge in [0.15, 0.2) is 0 Å². The highest BCUT2D eigenvalue weighted by Crippen LogP contribution is 2.37. The Bertz CT molecular complexity index is 349. The lowest BCUT2D eigenvalue weighted by Gasteiger charge is -2.24. The number of rotatable bonds is 9. The second-order valence-corrected chi connectivity index (χ2v) is 6.69. The minimum Gasteiger partial charge on any atom is -0.481 e. The number of carboxylic acid groups (broad SMARTS) is 1. The van der Waals surface area contributed by atoms with E-state index in [-0.39, 0.29) is 12.5 Å². The number of carboxylic acids is 1. The highest BCUT2D eigenvalue weighted by molar-refractivity contribution is 5.79. The topological polar surface area (TPSA) is 92.4 Å². The van der Waals surface area contributed by atoms with Crippen LogP contribution in [-0.4, -0.2) is 30.1 Å². The minimum absolute atomic E-state index is 0.0369. The van der Waals surface area contributed by atoms with Gasteiger partial charge in [-0.05, 0) is 44.1 Å². The molecule has 4 N–H and O–H groups in total. The third kappa shape index (κ3) is 5.30. The van der Waals surface area contributed by atoms with Crippen molar-refractivity contribution in [1.82, 2.24) is 5.32 Å². The molecule has 0 saturated heterocycles. The van der Waals surface area contributed by atoms with Crippen LogP contribution in [0.2, 0.25) is 0 Å². The lowest BCUT2D eigenvalue weighted by Crippen LogP contribution is -2.41. The van der Waals surface area contributed by atoms with E-state index in [4.69, 9.17) is 5.73 Å². The first-order valence-electron chi connectivity index (χ1n) is 8.11. The minimum atomic E-state index is -0.775. The summed E-state index contributed by atoms with van der Waals surface area (Å²) in [6.45, 7) is 5.21. The van der Waals surface area contributed by atoms with Gasteiger partial charge in [0, 0.05) is 13.0 Å². The lowest BCUT2D eigenvalue weighted by atomic mass is 9.86. The van der Waals surface area contributed by atoms with Crippen LogP contribution in [0.3, 0.4) is 0 Å². The van der Waals surface area contributed by atoms with Gasteiger partial charge in [0.1, 0.15) is 0 Å². The molecule has 122 valence electrons. The van der Waals surface area contributed by atoms with E-state index in [1.807, 2.05) is 0 Å². The van der Waals surface area contributed by atoms with Crippen molar-refractivity contribution in [3.05, 3.63) is 0 Å². The Morgan fingerprint density at radius 1 is 1.24 bits per heavy atom. The maximum absolute atomic E-state index is 12.0. The summed E-state index contributed by atoms with van der Waals surface area (Å²) in [4.78, 5) is 23.4. The Morgan fingerprint density at radius 3 is 2.33 bits per heavy atom. The second-order valence-electron chi connectivity index (χ2n) is 6.69. The molecule has 5 nitrogen and oxygen atoms in total. The van der Waals surface area contributed by atoms with Gasteiger partial charge in [-0.15, -0.1) is 0 Å². The van der Waals surface area contributed by atoms with Crippen molar-refractivity contribution in [2.24, 2.45) is 23.0 Å². The van der Waals surface area contributed by atoms with Crippen LogP contribution in [0, 0.1) is 17.3 Å². The van der Waals surface area contributed by atoms with Crippen molar-refractivity contribution in [2.75, 3.05) is 13.1 Å². The monoisotopic (exact) mass is 298 g/mol. The van der Waals surface area contributed by atoms with Crippen LogP contribution >= 0.6 is 0 Å². The zero-order valence-corrected chi connectivity index (χ0v) is 13.4. The van der Waals surface area contributed by atoms with Gasteiger partial charge in [-0.25, -0.2) is 0 Å². The summed E-state index contributed by atoms with van der Waals surface area (Å²) in [7, 11) is 0. The van der Waals surface area contributed by atoms with Crippen LogP contribution in [0.5, 0.6) is 0 Å². The van der Waals surface area contributed by atoms with Crippen molar-refractivity contribution in [3.8, 4) is 0 Å². The van der Waals surface area contributed by atoms with Crippen LogP contribution in [0.1, 0.15) is 58.8 Å². The smallest absolute Gasteiger partial charge is 0.311 e. The summed E-state index contributed by atoms with van der Waals surface area (Å²) in [6, 6.07) is 0. The molecule has 1 amide bonds. The van der Waals surface area contributed by atoms with Gasteiger partial charge in [0.2, 0.25) is 5.91 Å². The number of aliphatic carboxylic acids is 1. The zero-order chi connectivity index (χ0) is 15.9. The van der Waals surface area contributed by atoms with Gasteiger partial charge < -0.3 is 16.2 Å². The molecule has 1 aliphatic carbocycles. The maximum atomic E-state index is 12.0. The summed E-state index contributed by atoms with van der Waals surface area (Å²) in [5, 5.41) is 12.2. The number of hydrogen-bond donors (Lipinski definition) is 3. The Morgan fingerprint density at radius 2 is 1.86 bits per heavy atom. The Balaban J connectivity index is 2.38. The van der Waals surface area contributed by atoms with Crippen LogP contribution < -0.4 is 11.1 Å². The van der Waals surface area contributed by atoms with E-state index in [0.717, 1.165) is 25.7 Å². The predicted molar refractivity (Wildman–Crippen MR) is 82.8 cm³/mol. The van der Waals surface area contributed by atoms with E-state index in [1.165, 1.54) is 0 Å². The standard InChI is InChI=1S/C16H30N2O3/c1-12(2)13(7-10-17)5-6-14(19)18-11-16(15(20)21)8-3-4-9-16/h12-13H,3-11,17H2,1-2H3,(H,18,19)(H,20,21). The molecule has 1 atom stereocenters. The molecule has 1 saturated carbocycles. The Kier molecular flexibility index (Phi) is 7.15. The van der Waals surface area contributed by atoms with Crippen molar-refractivity contribution in [2.45, 2.75) is 58.8 Å². The molecule has 0 aromatic rings. The molecule has 1 unspecified atom stereocenters. The van der Waals surface area contributed by atoms with E-state index in [9.17, 15) is 14.7 Å². The zero-order valence-electron chi connectivity index (χ0n) is 13.4. The van der Waals surface area contributed by atoms with Crippen molar-refractivity contribution < 1.29 is 14.7 Å². The predicted octanol–water partition coefficient (Wildman–Crippen LogP) is 2.15. The molecular weight excluding hydrogens is 268 g/mol. The molecule has 0 aliphatic heterocycles. The molecule has 1 aliphatic rings. The number of amides is 1. The largest absolute Gasteiger partial charge is 0.481 e. The lowest BCUT2D eigenvalue weighted by molar-refractivity contribution is -0.148. The van der Waals surface area contributed by atoms with Crippen LogP contribution in [0.15, 0.2) is 0 Å². The summed E-state index contributed by atoms with van der Waals surface area (Å²) in [6.07, 6.45) is 5.43. The van der Waals surface area contributed by atoms with Gasteiger partial charge >= 0.3 is 5.97 Å². The third-order valence-electron chi connectivity index (χ3n) is 4.86. The van der Waals surface area contributed by atoms with Gasteiger partial charge in [0.05, 0.1) is 5.41 Å². The van der Waals surface area contributed by atoms with E-state index in [2.05, 4.69) is 19.2 Å². The number of carbonyl (C=O) groups is 2. The van der Waals surface area contributed by atoms with Gasteiger partial charge in [-0.3, -0.25) is 9.59 Å². The van der Waals surface area contributed by atoms with E-state index in [1.54, 1.807) is 0 Å². The molecule has 0 aromatic heterocycles. The maximum Gasteiger partial charge on any atom is 0.311 e. The fourth-order valence-corrected chi connectivity index (χ4v) is 3.22. The van der Waals surface area contributed by atoms with Gasteiger partial charge in [-0.2, -0.15) is 0 Å². The summed E-state index contributed by atoms with van der Waals surface area (Å²) >= 11 is 0. The SMILES string of the molecule is CC(C)C(CCN)CCC(=O)NCC1(C(=O)O)CCCC1. The molecule has 0 spiro atoms. The number of nitrogens with one attached hydrogen (secondary N) is 1. The molecule has 21 heavy (non-hydrogen) atoms. The first-order valence-corrected chi connectivity index (χ1v) is 8.11. The van der Waals surface area contributed by atoms with Gasteiger partial charge in [-0.1, -0.05) is 26.7 Å². The average Bonchev–Trinajstić information content (AvgIpc) is 2.91. The number of hydrogen-bond acceptors (Lipinski definition) is 3. The normalized spacial score (nSPS) is 18.7. The summed E-state index contributed by atoms with van der Waals surface area (Å²) < 4.78 is 0. The Labute approximate surface area is 127 Å². The number of carbonyl (C=O) groups excluding carboxylic acids is 1. The summed E-state index contributed by atoms with van der Waals surface area (Å²) in [5.74, 6) is 0.163. The second kappa shape index (κ2) is 8.37. The van der Waals surface area contributed by atoms with Crippen LogP contribution in [0.25, 0.3) is 0 Å². The molecule has 0 aromatic carbocycles. The fourth-order valence-electron chi connectivity index (χ4n) is 3.22. The highest BCUT2D eigenvalue weighted by atomic mass is 16.4. The highest BCUT2D eigenvalue weighted by Gasteiger charge is 2.41. The van der Waals surface area contributed by atoms with E-state index in [0.29, 0.717) is 37.6 Å². The first-order chi connectivity index (χ1) is 9.91. The van der Waals surface area contributed by atoms with E-state index < -0.39 is 11.4 Å². The molecule has 5 heteroatoms. The quantitative estimate of drug-likeness (QED) is 0.608.